The highest BCUT2D eigenvalue weighted by atomic mass is 35.5. The topological polar surface area (TPSA) is 67.2 Å². The Morgan fingerprint density at radius 1 is 1.04 bits per heavy atom. The van der Waals surface area contributed by atoms with Crippen LogP contribution in [-0.2, 0) is 0 Å². The molecule has 0 N–H and O–H groups in total. The number of imidazole rings is 1. The lowest BCUT2D eigenvalue weighted by Gasteiger charge is -2.35. The maximum Gasteiger partial charge on any atom is 0.255 e. The number of nitrogens with zero attached hydrogens (tertiary/aromatic N) is 6. The third-order valence-electron chi connectivity index (χ3n) is 4.40. The van der Waals surface area contributed by atoms with Crippen molar-refractivity contribution < 1.29 is 4.79 Å². The van der Waals surface area contributed by atoms with Crippen molar-refractivity contribution in [2.45, 2.75) is 0 Å². The first-order valence-corrected chi connectivity index (χ1v) is 8.69. The van der Waals surface area contributed by atoms with Gasteiger partial charge >= 0.3 is 0 Å². The van der Waals surface area contributed by atoms with Crippen molar-refractivity contribution in [1.82, 2.24) is 24.4 Å². The van der Waals surface area contributed by atoms with Crippen LogP contribution in [0.15, 0.2) is 55.4 Å². The summed E-state index contributed by atoms with van der Waals surface area (Å²) in [4.78, 5) is 29.3. The molecule has 0 spiro atoms. The standard InChI is InChI=1S/C18H17ClN6O/c19-15-4-2-1-3-14(15)18(26)24-9-7-23(8-10-24)16-11-17(22-12-21-16)25-6-5-20-13-25/h1-6,11-13H,7-10H2. The number of hydrogen-bond donors (Lipinski definition) is 0. The molecule has 26 heavy (non-hydrogen) atoms. The lowest BCUT2D eigenvalue weighted by Crippen LogP contribution is -2.49. The molecule has 3 heterocycles. The van der Waals surface area contributed by atoms with Crippen LogP contribution in [0.25, 0.3) is 5.82 Å². The van der Waals surface area contributed by atoms with Gasteiger partial charge in [-0.25, -0.2) is 15.0 Å². The largest absolute Gasteiger partial charge is 0.353 e. The molecule has 1 amide bonds. The zero-order valence-corrected chi connectivity index (χ0v) is 14.8. The summed E-state index contributed by atoms with van der Waals surface area (Å²) in [5.74, 6) is 1.58. The zero-order valence-electron chi connectivity index (χ0n) is 14.0. The minimum atomic E-state index is -0.0305. The lowest BCUT2D eigenvalue weighted by atomic mass is 10.2. The molecule has 0 atom stereocenters. The van der Waals surface area contributed by atoms with E-state index < -0.39 is 0 Å². The van der Waals surface area contributed by atoms with Crippen molar-refractivity contribution in [3.05, 3.63) is 66.0 Å². The number of benzene rings is 1. The van der Waals surface area contributed by atoms with Gasteiger partial charge in [-0.15, -0.1) is 0 Å². The minimum Gasteiger partial charge on any atom is -0.353 e. The Bertz CT molecular complexity index is 906. The van der Waals surface area contributed by atoms with Crippen LogP contribution in [0.4, 0.5) is 5.82 Å². The molecule has 0 unspecified atom stereocenters. The average Bonchev–Trinajstić information content (AvgIpc) is 3.23. The summed E-state index contributed by atoms with van der Waals surface area (Å²) in [7, 11) is 0. The van der Waals surface area contributed by atoms with E-state index in [9.17, 15) is 4.79 Å². The minimum absolute atomic E-state index is 0.0305. The van der Waals surface area contributed by atoms with E-state index in [0.29, 0.717) is 36.8 Å². The number of carbonyl (C=O) groups excluding carboxylic acids is 1. The maximum absolute atomic E-state index is 12.7. The summed E-state index contributed by atoms with van der Waals surface area (Å²) >= 11 is 6.15. The van der Waals surface area contributed by atoms with Crippen LogP contribution in [0, 0.1) is 0 Å². The van der Waals surface area contributed by atoms with Gasteiger partial charge in [0.1, 0.15) is 24.3 Å². The molecule has 1 aliphatic heterocycles. The highest BCUT2D eigenvalue weighted by Crippen LogP contribution is 2.20. The molecular weight excluding hydrogens is 352 g/mol. The van der Waals surface area contributed by atoms with Gasteiger partial charge in [0.25, 0.3) is 5.91 Å². The first-order chi connectivity index (χ1) is 12.7. The van der Waals surface area contributed by atoms with Gasteiger partial charge in [0, 0.05) is 44.6 Å². The van der Waals surface area contributed by atoms with Gasteiger partial charge in [-0.1, -0.05) is 23.7 Å². The number of halogens is 1. The molecular formula is C18H17ClN6O. The van der Waals surface area contributed by atoms with Gasteiger partial charge in [-0.2, -0.15) is 0 Å². The molecule has 8 heteroatoms. The molecule has 132 valence electrons. The fraction of sp³-hybridized carbons (Fsp3) is 0.222. The molecule has 1 saturated heterocycles. The number of rotatable bonds is 3. The van der Waals surface area contributed by atoms with Crippen LogP contribution < -0.4 is 4.90 Å². The Morgan fingerprint density at radius 3 is 2.54 bits per heavy atom. The number of amides is 1. The smallest absolute Gasteiger partial charge is 0.255 e. The predicted molar refractivity (Wildman–Crippen MR) is 98.7 cm³/mol. The fourth-order valence-electron chi connectivity index (χ4n) is 2.99. The summed E-state index contributed by atoms with van der Waals surface area (Å²) in [6.45, 7) is 2.65. The molecule has 0 aliphatic carbocycles. The number of hydrogen-bond acceptors (Lipinski definition) is 5. The van der Waals surface area contributed by atoms with E-state index in [4.69, 9.17) is 11.6 Å². The Morgan fingerprint density at radius 2 is 1.81 bits per heavy atom. The Labute approximate surface area is 155 Å². The van der Waals surface area contributed by atoms with Gasteiger partial charge in [-0.3, -0.25) is 9.36 Å². The van der Waals surface area contributed by atoms with Crippen molar-refractivity contribution >= 4 is 23.3 Å². The van der Waals surface area contributed by atoms with Crippen molar-refractivity contribution in [3.8, 4) is 5.82 Å². The van der Waals surface area contributed by atoms with E-state index in [1.54, 1.807) is 31.0 Å². The molecule has 0 saturated carbocycles. The molecule has 4 rings (SSSR count). The first-order valence-electron chi connectivity index (χ1n) is 8.31. The molecule has 7 nitrogen and oxygen atoms in total. The van der Waals surface area contributed by atoms with E-state index in [1.165, 1.54) is 0 Å². The van der Waals surface area contributed by atoms with Crippen LogP contribution in [0.1, 0.15) is 10.4 Å². The van der Waals surface area contributed by atoms with Gasteiger partial charge < -0.3 is 9.80 Å². The summed E-state index contributed by atoms with van der Waals surface area (Å²) in [5.41, 5.74) is 0.548. The van der Waals surface area contributed by atoms with Crippen molar-refractivity contribution in [1.29, 1.82) is 0 Å². The predicted octanol–water partition coefficient (Wildman–Crippen LogP) is 2.28. The van der Waals surface area contributed by atoms with Gasteiger partial charge in [0.15, 0.2) is 0 Å². The van der Waals surface area contributed by atoms with E-state index in [2.05, 4.69) is 19.9 Å². The third-order valence-corrected chi connectivity index (χ3v) is 4.73. The van der Waals surface area contributed by atoms with Crippen LogP contribution in [0.5, 0.6) is 0 Å². The van der Waals surface area contributed by atoms with E-state index >= 15 is 0 Å². The van der Waals surface area contributed by atoms with E-state index in [1.807, 2.05) is 33.9 Å². The van der Waals surface area contributed by atoms with Crippen molar-refractivity contribution in [2.24, 2.45) is 0 Å². The van der Waals surface area contributed by atoms with Gasteiger partial charge in [-0.05, 0) is 12.1 Å². The highest BCUT2D eigenvalue weighted by molar-refractivity contribution is 6.33. The lowest BCUT2D eigenvalue weighted by molar-refractivity contribution is 0.0746. The Kier molecular flexibility index (Phi) is 4.53. The molecule has 1 aliphatic rings. The SMILES string of the molecule is O=C(c1ccccc1Cl)N1CCN(c2cc(-n3ccnc3)ncn2)CC1. The summed E-state index contributed by atoms with van der Waals surface area (Å²) < 4.78 is 1.84. The number of piperazine rings is 1. The van der Waals surface area contributed by atoms with Crippen LogP contribution in [-0.4, -0.2) is 56.5 Å². The Balaban J connectivity index is 1.45. The molecule has 0 radical (unpaired) electrons. The third kappa shape index (κ3) is 3.25. The summed E-state index contributed by atoms with van der Waals surface area (Å²) in [6.07, 6.45) is 6.80. The molecule has 1 aromatic carbocycles. The Hall–Kier alpha value is -2.93. The van der Waals surface area contributed by atoms with Gasteiger partial charge in [0.2, 0.25) is 0 Å². The monoisotopic (exact) mass is 368 g/mol. The zero-order chi connectivity index (χ0) is 17.9. The second-order valence-corrected chi connectivity index (χ2v) is 6.37. The maximum atomic E-state index is 12.7. The molecule has 2 aromatic heterocycles. The average molecular weight is 369 g/mol. The quantitative estimate of drug-likeness (QED) is 0.709. The first kappa shape index (κ1) is 16.5. The van der Waals surface area contributed by atoms with Crippen molar-refractivity contribution in [2.75, 3.05) is 31.1 Å². The van der Waals surface area contributed by atoms with E-state index in [0.717, 1.165) is 11.6 Å². The highest BCUT2D eigenvalue weighted by Gasteiger charge is 2.24. The molecule has 1 fully saturated rings. The summed E-state index contributed by atoms with van der Waals surface area (Å²) in [5, 5.41) is 0.487. The van der Waals surface area contributed by atoms with E-state index in [-0.39, 0.29) is 5.91 Å². The molecule has 0 bridgehead atoms. The van der Waals surface area contributed by atoms with Crippen LogP contribution in [0.3, 0.4) is 0 Å². The number of carbonyl (C=O) groups is 1. The molecule has 3 aromatic rings. The number of aromatic nitrogens is 4. The fourth-order valence-corrected chi connectivity index (χ4v) is 3.21. The van der Waals surface area contributed by atoms with Gasteiger partial charge in [0.05, 0.1) is 10.6 Å². The van der Waals surface area contributed by atoms with Crippen LogP contribution in [0.2, 0.25) is 5.02 Å². The number of anilines is 1. The second kappa shape index (κ2) is 7.13. The normalized spacial score (nSPS) is 14.5. The van der Waals surface area contributed by atoms with Crippen LogP contribution >= 0.6 is 11.6 Å². The van der Waals surface area contributed by atoms with Crippen molar-refractivity contribution in [3.63, 3.8) is 0 Å². The summed E-state index contributed by atoms with van der Waals surface area (Å²) in [6, 6.07) is 9.08. The second-order valence-electron chi connectivity index (χ2n) is 5.96.